The first-order chi connectivity index (χ1) is 8.00. The average Bonchev–Trinajstić information content (AvgIpc) is 2.29. The lowest BCUT2D eigenvalue weighted by molar-refractivity contribution is -0.144. The van der Waals surface area contributed by atoms with Crippen LogP contribution < -0.4 is 5.32 Å². The number of hydrogen-bond donors (Lipinski definition) is 2. The Morgan fingerprint density at radius 2 is 1.76 bits per heavy atom. The fourth-order valence-corrected chi connectivity index (χ4v) is 1.96. The molecular weight excluding hydrogens is 216 g/mol. The first-order valence-electron chi connectivity index (χ1n) is 6.64. The molecule has 4 nitrogen and oxygen atoms in total. The van der Waals surface area contributed by atoms with Gasteiger partial charge in [0.15, 0.2) is 0 Å². The van der Waals surface area contributed by atoms with Crippen molar-refractivity contribution in [2.45, 2.75) is 52.0 Å². The van der Waals surface area contributed by atoms with E-state index in [0.29, 0.717) is 6.42 Å². The largest absolute Gasteiger partial charge is 0.480 e. The highest BCUT2D eigenvalue weighted by molar-refractivity contribution is 5.78. The van der Waals surface area contributed by atoms with Crippen molar-refractivity contribution in [2.75, 3.05) is 26.7 Å². The van der Waals surface area contributed by atoms with Gasteiger partial charge in [-0.15, -0.1) is 0 Å². The Kier molecular flexibility index (Phi) is 8.17. The second-order valence-electron chi connectivity index (χ2n) is 4.83. The van der Waals surface area contributed by atoms with Gasteiger partial charge in [-0.25, -0.2) is 0 Å². The number of aliphatic carboxylic acids is 1. The van der Waals surface area contributed by atoms with Crippen LogP contribution in [-0.4, -0.2) is 48.2 Å². The fraction of sp³-hybridized carbons (Fsp3) is 0.923. The van der Waals surface area contributed by atoms with Crippen LogP contribution in [0.25, 0.3) is 0 Å². The molecule has 17 heavy (non-hydrogen) atoms. The monoisotopic (exact) mass is 244 g/mol. The number of carboxylic acid groups (broad SMARTS) is 1. The van der Waals surface area contributed by atoms with E-state index in [0.717, 1.165) is 38.9 Å². The molecule has 0 aromatic carbocycles. The van der Waals surface area contributed by atoms with E-state index in [4.69, 9.17) is 5.11 Å². The highest BCUT2D eigenvalue weighted by atomic mass is 16.4. The molecule has 0 aromatic heterocycles. The van der Waals surface area contributed by atoms with Crippen molar-refractivity contribution in [1.82, 2.24) is 10.2 Å². The molecule has 0 fully saturated rings. The Labute approximate surface area is 105 Å². The van der Waals surface area contributed by atoms with E-state index in [1.165, 1.54) is 0 Å². The van der Waals surface area contributed by atoms with Crippen molar-refractivity contribution in [3.05, 3.63) is 0 Å². The van der Waals surface area contributed by atoms with E-state index >= 15 is 0 Å². The molecule has 0 saturated heterocycles. The van der Waals surface area contributed by atoms with Crippen LogP contribution in [0.5, 0.6) is 0 Å². The molecule has 1 unspecified atom stereocenters. The Balaban J connectivity index is 4.04. The maximum atomic E-state index is 11.1. The van der Waals surface area contributed by atoms with Gasteiger partial charge >= 0.3 is 5.97 Å². The van der Waals surface area contributed by atoms with Crippen molar-refractivity contribution in [1.29, 1.82) is 0 Å². The topological polar surface area (TPSA) is 52.6 Å². The minimum absolute atomic E-state index is 0.669. The molecule has 0 spiro atoms. The zero-order valence-corrected chi connectivity index (χ0v) is 11.8. The Bertz CT molecular complexity index is 215. The molecule has 0 heterocycles. The molecule has 2 N–H and O–H groups in total. The minimum Gasteiger partial charge on any atom is -0.480 e. The molecule has 0 bridgehead atoms. The van der Waals surface area contributed by atoms with E-state index in [1.54, 1.807) is 14.0 Å². The molecule has 4 heteroatoms. The molecular formula is C13H28N2O2. The predicted octanol–water partition coefficient (Wildman–Crippen LogP) is 1.95. The SMILES string of the molecule is CCCN(CCC)CCCC(C)(NC)C(=O)O. The lowest BCUT2D eigenvalue weighted by Crippen LogP contribution is -2.47. The number of carboxylic acids is 1. The normalized spacial score (nSPS) is 14.9. The lowest BCUT2D eigenvalue weighted by atomic mass is 9.96. The van der Waals surface area contributed by atoms with Gasteiger partial charge in [0, 0.05) is 0 Å². The van der Waals surface area contributed by atoms with Gasteiger partial charge in [0.2, 0.25) is 0 Å². The summed E-state index contributed by atoms with van der Waals surface area (Å²) in [5.41, 5.74) is -0.788. The lowest BCUT2D eigenvalue weighted by Gasteiger charge is -2.26. The van der Waals surface area contributed by atoms with E-state index in [1.807, 2.05) is 0 Å². The molecule has 0 saturated carbocycles. The Hall–Kier alpha value is -0.610. The molecule has 0 aliphatic carbocycles. The molecule has 0 amide bonds. The number of likely N-dealkylation sites (N-methyl/N-ethyl adjacent to an activating group) is 1. The summed E-state index contributed by atoms with van der Waals surface area (Å²) in [7, 11) is 1.71. The second kappa shape index (κ2) is 8.48. The Morgan fingerprint density at radius 1 is 1.24 bits per heavy atom. The quantitative estimate of drug-likeness (QED) is 0.617. The van der Waals surface area contributed by atoms with Crippen LogP contribution in [0.1, 0.15) is 46.5 Å². The maximum absolute atomic E-state index is 11.1. The van der Waals surface area contributed by atoms with Crippen LogP contribution >= 0.6 is 0 Å². The first kappa shape index (κ1) is 16.4. The fourth-order valence-electron chi connectivity index (χ4n) is 1.96. The van der Waals surface area contributed by atoms with Gasteiger partial charge in [0.1, 0.15) is 5.54 Å². The number of carbonyl (C=O) groups is 1. The van der Waals surface area contributed by atoms with Crippen molar-refractivity contribution in [2.24, 2.45) is 0 Å². The van der Waals surface area contributed by atoms with Crippen LogP contribution in [0.3, 0.4) is 0 Å². The third-order valence-corrected chi connectivity index (χ3v) is 3.25. The molecule has 102 valence electrons. The number of rotatable bonds is 10. The molecule has 0 radical (unpaired) electrons. The first-order valence-corrected chi connectivity index (χ1v) is 6.64. The zero-order valence-electron chi connectivity index (χ0n) is 11.8. The van der Waals surface area contributed by atoms with Crippen molar-refractivity contribution >= 4 is 5.97 Å². The van der Waals surface area contributed by atoms with Crippen molar-refractivity contribution in [3.8, 4) is 0 Å². The Morgan fingerprint density at radius 3 is 2.12 bits per heavy atom. The predicted molar refractivity (Wildman–Crippen MR) is 71.4 cm³/mol. The smallest absolute Gasteiger partial charge is 0.323 e. The third kappa shape index (κ3) is 6.03. The van der Waals surface area contributed by atoms with Crippen LogP contribution in [0, 0.1) is 0 Å². The van der Waals surface area contributed by atoms with Crippen LogP contribution in [0.2, 0.25) is 0 Å². The summed E-state index contributed by atoms with van der Waals surface area (Å²) in [6, 6.07) is 0. The summed E-state index contributed by atoms with van der Waals surface area (Å²) < 4.78 is 0. The summed E-state index contributed by atoms with van der Waals surface area (Å²) in [6.07, 6.45) is 3.90. The van der Waals surface area contributed by atoms with Crippen molar-refractivity contribution < 1.29 is 9.90 Å². The van der Waals surface area contributed by atoms with Crippen LogP contribution in [0.15, 0.2) is 0 Å². The van der Waals surface area contributed by atoms with E-state index in [2.05, 4.69) is 24.1 Å². The number of nitrogens with zero attached hydrogens (tertiary/aromatic N) is 1. The summed E-state index contributed by atoms with van der Waals surface area (Å²) in [5, 5.41) is 12.0. The number of hydrogen-bond acceptors (Lipinski definition) is 3. The zero-order chi connectivity index (χ0) is 13.3. The van der Waals surface area contributed by atoms with Gasteiger partial charge in [0.25, 0.3) is 0 Å². The van der Waals surface area contributed by atoms with Gasteiger partial charge in [-0.3, -0.25) is 4.79 Å². The average molecular weight is 244 g/mol. The standard InChI is InChI=1S/C13H28N2O2/c1-5-9-15(10-6-2)11-7-8-13(3,14-4)12(16)17/h14H,5-11H2,1-4H3,(H,16,17). The van der Waals surface area contributed by atoms with Gasteiger partial charge < -0.3 is 15.3 Å². The van der Waals surface area contributed by atoms with E-state index in [9.17, 15) is 4.79 Å². The summed E-state index contributed by atoms with van der Waals surface area (Å²) >= 11 is 0. The van der Waals surface area contributed by atoms with E-state index < -0.39 is 11.5 Å². The maximum Gasteiger partial charge on any atom is 0.323 e. The molecule has 0 aromatic rings. The highest BCUT2D eigenvalue weighted by Crippen LogP contribution is 2.12. The van der Waals surface area contributed by atoms with Gasteiger partial charge in [-0.2, -0.15) is 0 Å². The molecule has 0 aliphatic heterocycles. The molecule has 0 rings (SSSR count). The molecule has 0 aliphatic rings. The number of nitrogens with one attached hydrogen (secondary N) is 1. The minimum atomic E-state index is -0.788. The second-order valence-corrected chi connectivity index (χ2v) is 4.83. The summed E-state index contributed by atoms with van der Waals surface area (Å²) in [6.45, 7) is 9.31. The summed E-state index contributed by atoms with van der Waals surface area (Å²) in [4.78, 5) is 13.5. The summed E-state index contributed by atoms with van der Waals surface area (Å²) in [5.74, 6) is -0.766. The van der Waals surface area contributed by atoms with Gasteiger partial charge in [-0.1, -0.05) is 13.8 Å². The van der Waals surface area contributed by atoms with E-state index in [-0.39, 0.29) is 0 Å². The molecule has 1 atom stereocenters. The van der Waals surface area contributed by atoms with Crippen LogP contribution in [0.4, 0.5) is 0 Å². The highest BCUT2D eigenvalue weighted by Gasteiger charge is 2.30. The van der Waals surface area contributed by atoms with Crippen molar-refractivity contribution in [3.63, 3.8) is 0 Å². The van der Waals surface area contributed by atoms with Gasteiger partial charge in [0.05, 0.1) is 0 Å². The van der Waals surface area contributed by atoms with Crippen LogP contribution in [-0.2, 0) is 4.79 Å². The third-order valence-electron chi connectivity index (χ3n) is 3.25. The van der Waals surface area contributed by atoms with Gasteiger partial charge in [-0.05, 0) is 59.3 Å².